The predicted octanol–water partition coefficient (Wildman–Crippen LogP) is 3.49. The van der Waals surface area contributed by atoms with Crippen molar-refractivity contribution < 1.29 is 0 Å². The Labute approximate surface area is 101 Å². The molecule has 1 aromatic heterocycles. The predicted molar refractivity (Wildman–Crippen MR) is 74.0 cm³/mol. The summed E-state index contributed by atoms with van der Waals surface area (Å²) in [6.45, 7) is 6.02. The van der Waals surface area contributed by atoms with Gasteiger partial charge in [0.25, 0.3) is 0 Å². The van der Waals surface area contributed by atoms with E-state index in [0.717, 1.165) is 23.3 Å². The van der Waals surface area contributed by atoms with Gasteiger partial charge in [-0.25, -0.2) is 4.98 Å². The van der Waals surface area contributed by atoms with Gasteiger partial charge in [0.15, 0.2) is 0 Å². The van der Waals surface area contributed by atoms with Crippen molar-refractivity contribution in [1.29, 1.82) is 0 Å². The van der Waals surface area contributed by atoms with Crippen LogP contribution in [0.4, 0.5) is 11.5 Å². The molecule has 3 rings (SSSR count). The van der Waals surface area contributed by atoms with Gasteiger partial charge in [0.2, 0.25) is 0 Å². The molecule has 1 aliphatic heterocycles. The molecule has 2 heterocycles. The number of aliphatic imine (C=N–C) groups is 1. The van der Waals surface area contributed by atoms with Crippen molar-refractivity contribution in [3.05, 3.63) is 29.8 Å². The molecule has 0 spiro atoms. The van der Waals surface area contributed by atoms with Crippen molar-refractivity contribution in [2.24, 2.45) is 4.99 Å². The summed E-state index contributed by atoms with van der Waals surface area (Å²) in [5.41, 5.74) is 10.0. The minimum absolute atomic E-state index is 0.542. The summed E-state index contributed by atoms with van der Waals surface area (Å²) in [6, 6.07) is 8.06. The fourth-order valence-corrected chi connectivity index (χ4v) is 2.08. The maximum atomic E-state index is 5.88. The summed E-state index contributed by atoms with van der Waals surface area (Å²) in [5.74, 6) is 0.542. The van der Waals surface area contributed by atoms with Crippen LogP contribution in [0.5, 0.6) is 0 Å². The van der Waals surface area contributed by atoms with E-state index in [9.17, 15) is 0 Å². The van der Waals surface area contributed by atoms with E-state index in [1.54, 1.807) is 0 Å². The molecule has 17 heavy (non-hydrogen) atoms. The first-order valence-electron chi connectivity index (χ1n) is 5.97. The van der Waals surface area contributed by atoms with Crippen LogP contribution < -0.4 is 5.73 Å². The number of nitrogens with zero attached hydrogens (tertiary/aromatic N) is 2. The molecule has 1 aliphatic rings. The van der Waals surface area contributed by atoms with Crippen LogP contribution >= 0.6 is 0 Å². The maximum Gasteiger partial charge on any atom is 0.150 e. The van der Waals surface area contributed by atoms with Gasteiger partial charge in [0, 0.05) is 17.5 Å². The van der Waals surface area contributed by atoms with Crippen LogP contribution in [0.1, 0.15) is 26.3 Å². The second-order valence-electron chi connectivity index (χ2n) is 3.87. The van der Waals surface area contributed by atoms with Crippen LogP contribution in [0.2, 0.25) is 0 Å². The number of anilines is 1. The Kier molecular flexibility index (Phi) is 3.09. The SMILES string of the molecule is CC.CC1=Nc2c(N)nc3ccccc3c2C1. The second kappa shape index (κ2) is 4.53. The third kappa shape index (κ3) is 1.88. The van der Waals surface area contributed by atoms with Crippen LogP contribution in [0, 0.1) is 0 Å². The molecular formula is C14H17N3. The normalized spacial score (nSPS) is 12.8. The lowest BCUT2D eigenvalue weighted by Crippen LogP contribution is -1.95. The molecule has 0 saturated carbocycles. The highest BCUT2D eigenvalue weighted by molar-refractivity contribution is 6.01. The van der Waals surface area contributed by atoms with Crippen molar-refractivity contribution in [2.75, 3.05) is 5.73 Å². The molecule has 88 valence electrons. The van der Waals surface area contributed by atoms with Crippen molar-refractivity contribution in [3.63, 3.8) is 0 Å². The molecule has 2 N–H and O–H groups in total. The van der Waals surface area contributed by atoms with E-state index >= 15 is 0 Å². The number of benzene rings is 1. The molecular weight excluding hydrogens is 210 g/mol. The van der Waals surface area contributed by atoms with Gasteiger partial charge in [-0.1, -0.05) is 32.0 Å². The number of nitrogen functional groups attached to an aromatic ring is 1. The average molecular weight is 227 g/mol. The van der Waals surface area contributed by atoms with E-state index in [4.69, 9.17) is 5.73 Å². The lowest BCUT2D eigenvalue weighted by molar-refractivity contribution is 1.35. The number of nitrogens with two attached hydrogens (primary N) is 1. The molecule has 0 amide bonds. The third-order valence-corrected chi connectivity index (χ3v) is 2.73. The molecule has 0 fully saturated rings. The molecule has 0 radical (unpaired) electrons. The van der Waals surface area contributed by atoms with Gasteiger partial charge in [-0.3, -0.25) is 4.99 Å². The second-order valence-corrected chi connectivity index (χ2v) is 3.87. The fourth-order valence-electron chi connectivity index (χ4n) is 2.08. The van der Waals surface area contributed by atoms with Crippen molar-refractivity contribution >= 4 is 28.1 Å². The van der Waals surface area contributed by atoms with Crippen LogP contribution in [0.25, 0.3) is 10.9 Å². The molecule has 0 saturated heterocycles. The zero-order valence-electron chi connectivity index (χ0n) is 10.5. The van der Waals surface area contributed by atoms with E-state index in [1.165, 1.54) is 10.9 Å². The third-order valence-electron chi connectivity index (χ3n) is 2.73. The number of hydrogen-bond acceptors (Lipinski definition) is 3. The Hall–Kier alpha value is -1.90. The smallest absolute Gasteiger partial charge is 0.150 e. The largest absolute Gasteiger partial charge is 0.382 e. The lowest BCUT2D eigenvalue weighted by Gasteiger charge is -2.05. The van der Waals surface area contributed by atoms with Crippen molar-refractivity contribution in [2.45, 2.75) is 27.2 Å². The zero-order chi connectivity index (χ0) is 12.4. The van der Waals surface area contributed by atoms with Crippen LogP contribution in [0.3, 0.4) is 0 Å². The topological polar surface area (TPSA) is 51.3 Å². The van der Waals surface area contributed by atoms with E-state index in [0.29, 0.717) is 5.82 Å². The van der Waals surface area contributed by atoms with E-state index < -0.39 is 0 Å². The Morgan fingerprint density at radius 2 is 1.88 bits per heavy atom. The number of fused-ring (bicyclic) bond motifs is 3. The monoisotopic (exact) mass is 227 g/mol. The summed E-state index contributed by atoms with van der Waals surface area (Å²) in [6.07, 6.45) is 0.891. The highest BCUT2D eigenvalue weighted by Gasteiger charge is 2.18. The summed E-state index contributed by atoms with van der Waals surface area (Å²) in [4.78, 5) is 8.78. The molecule has 3 nitrogen and oxygen atoms in total. The fraction of sp³-hybridized carbons (Fsp3) is 0.286. The lowest BCUT2D eigenvalue weighted by atomic mass is 10.0. The standard InChI is InChI=1S/C12H11N3.C2H6/c1-7-6-9-8-4-2-3-5-10(8)15-12(13)11(9)14-7;1-2/h2-5H,6H2,1H3,(H2,13,15);1-2H3. The van der Waals surface area contributed by atoms with Crippen LogP contribution in [0.15, 0.2) is 29.3 Å². The van der Waals surface area contributed by atoms with E-state index in [-0.39, 0.29) is 0 Å². The molecule has 0 unspecified atom stereocenters. The van der Waals surface area contributed by atoms with Crippen LogP contribution in [-0.2, 0) is 6.42 Å². The average Bonchev–Trinajstić information content (AvgIpc) is 2.75. The van der Waals surface area contributed by atoms with Gasteiger partial charge < -0.3 is 5.73 Å². The van der Waals surface area contributed by atoms with E-state index in [1.807, 2.05) is 39.0 Å². The molecule has 0 aliphatic carbocycles. The van der Waals surface area contributed by atoms with Crippen molar-refractivity contribution in [1.82, 2.24) is 4.98 Å². The number of pyridine rings is 1. The quantitative estimate of drug-likeness (QED) is 0.749. The molecule has 1 aromatic carbocycles. The van der Waals surface area contributed by atoms with Gasteiger partial charge in [-0.15, -0.1) is 0 Å². The number of rotatable bonds is 0. The summed E-state index contributed by atoms with van der Waals surface area (Å²) in [5, 5.41) is 1.17. The molecule has 2 aromatic rings. The Bertz CT molecular complexity index is 585. The highest BCUT2D eigenvalue weighted by Crippen LogP contribution is 2.36. The summed E-state index contributed by atoms with van der Waals surface area (Å²) >= 11 is 0. The van der Waals surface area contributed by atoms with Crippen LogP contribution in [-0.4, -0.2) is 10.7 Å². The van der Waals surface area contributed by atoms with Gasteiger partial charge in [0.1, 0.15) is 11.5 Å². The highest BCUT2D eigenvalue weighted by atomic mass is 14.9. The molecule has 3 heteroatoms. The zero-order valence-corrected chi connectivity index (χ0v) is 10.5. The first kappa shape index (κ1) is 11.6. The Morgan fingerprint density at radius 3 is 2.65 bits per heavy atom. The summed E-state index contributed by atoms with van der Waals surface area (Å²) < 4.78 is 0. The van der Waals surface area contributed by atoms with Gasteiger partial charge in [-0.2, -0.15) is 0 Å². The Balaban J connectivity index is 0.000000514. The van der Waals surface area contributed by atoms with Crippen molar-refractivity contribution in [3.8, 4) is 0 Å². The maximum absolute atomic E-state index is 5.88. The van der Waals surface area contributed by atoms with Gasteiger partial charge >= 0.3 is 0 Å². The first-order chi connectivity index (χ1) is 8.25. The minimum atomic E-state index is 0.542. The Morgan fingerprint density at radius 1 is 1.18 bits per heavy atom. The van der Waals surface area contributed by atoms with Gasteiger partial charge in [-0.05, 0) is 18.6 Å². The minimum Gasteiger partial charge on any atom is -0.382 e. The number of hydrogen-bond donors (Lipinski definition) is 1. The summed E-state index contributed by atoms with van der Waals surface area (Å²) in [7, 11) is 0. The van der Waals surface area contributed by atoms with E-state index in [2.05, 4.69) is 16.0 Å². The van der Waals surface area contributed by atoms with Gasteiger partial charge in [0.05, 0.1) is 5.52 Å². The number of para-hydroxylation sites is 1. The number of aromatic nitrogens is 1. The molecule has 0 atom stereocenters. The first-order valence-corrected chi connectivity index (χ1v) is 5.97. The molecule has 0 bridgehead atoms.